The maximum atomic E-state index is 13.5. The van der Waals surface area contributed by atoms with Crippen LogP contribution in [-0.4, -0.2) is 22.6 Å². The molecule has 0 saturated carbocycles. The molecule has 0 bridgehead atoms. The van der Waals surface area contributed by atoms with Gasteiger partial charge in [0.1, 0.15) is 5.82 Å². The number of carbonyl (C=O) groups is 1. The van der Waals surface area contributed by atoms with Crippen molar-refractivity contribution in [3.05, 3.63) is 64.7 Å². The fourth-order valence-corrected chi connectivity index (χ4v) is 3.22. The molecule has 2 heterocycles. The average molecular weight is 372 g/mol. The molecule has 1 aliphatic rings. The van der Waals surface area contributed by atoms with Gasteiger partial charge < -0.3 is 9.42 Å². The van der Waals surface area contributed by atoms with Crippen molar-refractivity contribution in [2.24, 2.45) is 0 Å². The third-order valence-electron chi connectivity index (χ3n) is 4.44. The first kappa shape index (κ1) is 16.7. The second-order valence-electron chi connectivity index (χ2n) is 6.32. The molecule has 2 aromatic carbocycles. The molecule has 1 fully saturated rings. The predicted molar refractivity (Wildman–Crippen MR) is 95.6 cm³/mol. The van der Waals surface area contributed by atoms with E-state index in [1.807, 2.05) is 31.2 Å². The Morgan fingerprint density at radius 3 is 2.77 bits per heavy atom. The number of aryl methyl sites for hydroxylation is 1. The van der Waals surface area contributed by atoms with Gasteiger partial charge in [-0.3, -0.25) is 4.79 Å². The number of anilines is 1. The van der Waals surface area contributed by atoms with Crippen LogP contribution in [0.1, 0.15) is 23.7 Å². The van der Waals surface area contributed by atoms with Gasteiger partial charge in [0.15, 0.2) is 5.82 Å². The Hall–Kier alpha value is -2.73. The van der Waals surface area contributed by atoms with Crippen molar-refractivity contribution in [3.63, 3.8) is 0 Å². The Morgan fingerprint density at radius 1 is 1.23 bits per heavy atom. The van der Waals surface area contributed by atoms with Crippen LogP contribution < -0.4 is 4.90 Å². The van der Waals surface area contributed by atoms with E-state index >= 15 is 0 Å². The molecule has 132 valence electrons. The molecule has 0 N–H and O–H groups in total. The standard InChI is InChI=1S/C19H15ClFN3O2/c1-11-2-5-14(6-3-11)24-10-12(8-17(24)25)18-22-19(26-23-18)15-9-13(21)4-7-16(15)20/h2-7,9,12H,8,10H2,1H3/t12-/m0/s1. The van der Waals surface area contributed by atoms with Crippen molar-refractivity contribution in [1.29, 1.82) is 0 Å². The first-order valence-corrected chi connectivity index (χ1v) is 8.55. The Labute approximate surface area is 154 Å². The molecule has 0 unspecified atom stereocenters. The lowest BCUT2D eigenvalue weighted by Gasteiger charge is -2.16. The maximum Gasteiger partial charge on any atom is 0.259 e. The summed E-state index contributed by atoms with van der Waals surface area (Å²) in [7, 11) is 0. The molecule has 1 saturated heterocycles. The third-order valence-corrected chi connectivity index (χ3v) is 4.77. The van der Waals surface area contributed by atoms with Gasteiger partial charge in [-0.25, -0.2) is 4.39 Å². The van der Waals surface area contributed by atoms with Crippen LogP contribution in [0.2, 0.25) is 5.02 Å². The summed E-state index contributed by atoms with van der Waals surface area (Å²) in [6.45, 7) is 2.47. The highest BCUT2D eigenvalue weighted by atomic mass is 35.5. The SMILES string of the molecule is Cc1ccc(N2C[C@@H](c3noc(-c4cc(F)ccc4Cl)n3)CC2=O)cc1. The van der Waals surface area contributed by atoms with Crippen LogP contribution in [0, 0.1) is 12.7 Å². The predicted octanol–water partition coefficient (Wildman–Crippen LogP) is 4.36. The van der Waals surface area contributed by atoms with Crippen LogP contribution in [0.4, 0.5) is 10.1 Å². The van der Waals surface area contributed by atoms with Gasteiger partial charge in [-0.15, -0.1) is 0 Å². The molecule has 26 heavy (non-hydrogen) atoms. The summed E-state index contributed by atoms with van der Waals surface area (Å²) >= 11 is 6.08. The first-order valence-electron chi connectivity index (χ1n) is 8.17. The van der Waals surface area contributed by atoms with E-state index in [9.17, 15) is 9.18 Å². The van der Waals surface area contributed by atoms with E-state index in [2.05, 4.69) is 10.1 Å². The number of halogens is 2. The Morgan fingerprint density at radius 2 is 2.00 bits per heavy atom. The quantitative estimate of drug-likeness (QED) is 0.686. The van der Waals surface area contributed by atoms with E-state index in [0.29, 0.717) is 29.4 Å². The van der Waals surface area contributed by atoms with Gasteiger partial charge in [-0.1, -0.05) is 34.5 Å². The molecule has 7 heteroatoms. The number of aromatic nitrogens is 2. The van der Waals surface area contributed by atoms with Gasteiger partial charge in [-0.2, -0.15) is 4.98 Å². The summed E-state index contributed by atoms with van der Waals surface area (Å²) in [4.78, 5) is 18.4. The van der Waals surface area contributed by atoms with E-state index in [4.69, 9.17) is 16.1 Å². The zero-order valence-electron chi connectivity index (χ0n) is 13.9. The first-order chi connectivity index (χ1) is 12.5. The zero-order chi connectivity index (χ0) is 18.3. The molecule has 0 radical (unpaired) electrons. The second-order valence-corrected chi connectivity index (χ2v) is 6.73. The van der Waals surface area contributed by atoms with E-state index in [1.54, 1.807) is 4.90 Å². The highest BCUT2D eigenvalue weighted by Gasteiger charge is 2.34. The Balaban J connectivity index is 1.58. The maximum absolute atomic E-state index is 13.5. The average Bonchev–Trinajstić information content (AvgIpc) is 3.25. The van der Waals surface area contributed by atoms with Gasteiger partial charge in [0, 0.05) is 24.6 Å². The Bertz CT molecular complexity index is 971. The molecule has 0 spiro atoms. The fourth-order valence-electron chi connectivity index (χ4n) is 3.03. The minimum Gasteiger partial charge on any atom is -0.334 e. The largest absolute Gasteiger partial charge is 0.334 e. The normalized spacial score (nSPS) is 17.1. The van der Waals surface area contributed by atoms with Gasteiger partial charge in [-0.05, 0) is 37.3 Å². The van der Waals surface area contributed by atoms with Crippen molar-refractivity contribution in [3.8, 4) is 11.5 Å². The minimum atomic E-state index is -0.439. The highest BCUT2D eigenvalue weighted by molar-refractivity contribution is 6.33. The molecule has 1 aliphatic heterocycles. The van der Waals surface area contributed by atoms with E-state index < -0.39 is 5.82 Å². The van der Waals surface area contributed by atoms with Gasteiger partial charge >= 0.3 is 0 Å². The number of carbonyl (C=O) groups excluding carboxylic acids is 1. The van der Waals surface area contributed by atoms with Crippen LogP contribution in [-0.2, 0) is 4.79 Å². The lowest BCUT2D eigenvalue weighted by molar-refractivity contribution is -0.117. The third kappa shape index (κ3) is 3.08. The van der Waals surface area contributed by atoms with Crippen molar-refractivity contribution < 1.29 is 13.7 Å². The Kier molecular flexibility index (Phi) is 4.20. The summed E-state index contributed by atoms with van der Waals surface area (Å²) in [6.07, 6.45) is 0.295. The van der Waals surface area contributed by atoms with Gasteiger partial charge in [0.25, 0.3) is 5.89 Å². The molecule has 1 atom stereocenters. The van der Waals surface area contributed by atoms with Crippen LogP contribution >= 0.6 is 11.6 Å². The summed E-state index contributed by atoms with van der Waals surface area (Å²) in [5, 5.41) is 4.30. The molecule has 1 aromatic heterocycles. The van der Waals surface area contributed by atoms with Gasteiger partial charge in [0.05, 0.1) is 10.6 Å². The fraction of sp³-hybridized carbons (Fsp3) is 0.211. The van der Waals surface area contributed by atoms with Crippen molar-refractivity contribution >= 4 is 23.2 Å². The van der Waals surface area contributed by atoms with E-state index in [1.165, 1.54) is 18.2 Å². The topological polar surface area (TPSA) is 59.2 Å². The molecular weight excluding hydrogens is 357 g/mol. The van der Waals surface area contributed by atoms with Gasteiger partial charge in [0.2, 0.25) is 5.91 Å². The summed E-state index contributed by atoms with van der Waals surface area (Å²) in [5.41, 5.74) is 2.32. The number of nitrogens with zero attached hydrogens (tertiary/aromatic N) is 3. The van der Waals surface area contributed by atoms with Crippen molar-refractivity contribution in [2.45, 2.75) is 19.3 Å². The number of amides is 1. The zero-order valence-corrected chi connectivity index (χ0v) is 14.7. The lowest BCUT2D eigenvalue weighted by Crippen LogP contribution is -2.24. The lowest BCUT2D eigenvalue weighted by atomic mass is 10.1. The second kappa shape index (κ2) is 6.53. The molecule has 0 aliphatic carbocycles. The van der Waals surface area contributed by atoms with Crippen molar-refractivity contribution in [1.82, 2.24) is 10.1 Å². The molecular formula is C19H15ClFN3O2. The monoisotopic (exact) mass is 371 g/mol. The van der Waals surface area contributed by atoms with Crippen LogP contribution in [0.15, 0.2) is 47.0 Å². The van der Waals surface area contributed by atoms with E-state index in [-0.39, 0.29) is 17.7 Å². The molecule has 1 amide bonds. The van der Waals surface area contributed by atoms with Crippen LogP contribution in [0.25, 0.3) is 11.5 Å². The summed E-state index contributed by atoms with van der Waals surface area (Å²) in [6, 6.07) is 11.7. The molecule has 4 rings (SSSR count). The minimum absolute atomic E-state index is 0.00833. The number of benzene rings is 2. The van der Waals surface area contributed by atoms with Crippen LogP contribution in [0.5, 0.6) is 0 Å². The number of rotatable bonds is 3. The number of hydrogen-bond acceptors (Lipinski definition) is 4. The molecule has 3 aromatic rings. The summed E-state index contributed by atoms with van der Waals surface area (Å²) in [5.74, 6) is -0.0533. The van der Waals surface area contributed by atoms with E-state index in [0.717, 1.165) is 11.3 Å². The summed E-state index contributed by atoms with van der Waals surface area (Å²) < 4.78 is 18.7. The van der Waals surface area contributed by atoms with Crippen molar-refractivity contribution in [2.75, 3.05) is 11.4 Å². The smallest absolute Gasteiger partial charge is 0.259 e. The highest BCUT2D eigenvalue weighted by Crippen LogP contribution is 2.33. The van der Waals surface area contributed by atoms with Crippen LogP contribution in [0.3, 0.4) is 0 Å². The number of hydrogen-bond donors (Lipinski definition) is 0. The molecule has 5 nitrogen and oxygen atoms in total.